The maximum Gasteiger partial charge on any atom is 0.243 e. The summed E-state index contributed by atoms with van der Waals surface area (Å²) < 4.78 is 24.4. The number of rotatable bonds is 6. The lowest BCUT2D eigenvalue weighted by molar-refractivity contribution is -0.143. The average molecular weight is 412 g/mol. The molecule has 0 atom stereocenters. The topological polar surface area (TPSA) is 67.9 Å². The molecule has 0 radical (unpaired) electrons. The number of carbonyl (C=O) groups excluding carboxylic acids is 2. The minimum Gasteiger partial charge on any atom is -0.486 e. The van der Waals surface area contributed by atoms with E-state index >= 15 is 0 Å². The molecule has 0 unspecified atom stereocenters. The second kappa shape index (κ2) is 8.34. The first-order chi connectivity index (χ1) is 14.5. The molecule has 4 rings (SSSR count). The molecule has 1 aliphatic heterocycles. The summed E-state index contributed by atoms with van der Waals surface area (Å²) in [6, 6.07) is 11.3. The fourth-order valence-electron chi connectivity index (χ4n) is 4.05. The zero-order valence-corrected chi connectivity index (χ0v) is 16.9. The summed E-state index contributed by atoms with van der Waals surface area (Å²) in [7, 11) is 0. The third-order valence-corrected chi connectivity index (χ3v) is 5.84. The molecule has 0 spiro atoms. The highest BCUT2D eigenvalue weighted by atomic mass is 19.1. The fourth-order valence-corrected chi connectivity index (χ4v) is 4.05. The molecular weight excluding hydrogens is 387 g/mol. The van der Waals surface area contributed by atoms with Gasteiger partial charge in [-0.3, -0.25) is 9.59 Å². The molecule has 1 N–H and O–H groups in total. The maximum atomic E-state index is 13.4. The van der Waals surface area contributed by atoms with Crippen molar-refractivity contribution in [2.24, 2.45) is 0 Å². The minimum atomic E-state index is -0.666. The van der Waals surface area contributed by atoms with Gasteiger partial charge < -0.3 is 19.7 Å². The predicted molar refractivity (Wildman–Crippen MR) is 110 cm³/mol. The van der Waals surface area contributed by atoms with Crippen molar-refractivity contribution in [1.82, 2.24) is 4.90 Å². The SMILES string of the molecule is CCN(CC(=O)Nc1ccc2c(c1)OCCO2)C(=O)C1(c2ccc(F)cc2)CCC1. The third-order valence-electron chi connectivity index (χ3n) is 5.84. The Labute approximate surface area is 175 Å². The highest BCUT2D eigenvalue weighted by Crippen LogP contribution is 2.45. The van der Waals surface area contributed by atoms with Crippen molar-refractivity contribution >= 4 is 17.5 Å². The molecule has 0 saturated heterocycles. The molecule has 0 aromatic heterocycles. The number of hydrogen-bond donors (Lipinski definition) is 1. The molecule has 1 heterocycles. The number of fused-ring (bicyclic) bond motifs is 1. The van der Waals surface area contributed by atoms with E-state index in [0.29, 0.717) is 49.8 Å². The maximum absolute atomic E-state index is 13.4. The first-order valence-electron chi connectivity index (χ1n) is 10.3. The quantitative estimate of drug-likeness (QED) is 0.789. The first-order valence-corrected chi connectivity index (χ1v) is 10.3. The third kappa shape index (κ3) is 3.84. The summed E-state index contributed by atoms with van der Waals surface area (Å²) >= 11 is 0. The van der Waals surface area contributed by atoms with Crippen molar-refractivity contribution in [3.05, 3.63) is 53.8 Å². The van der Waals surface area contributed by atoms with Crippen molar-refractivity contribution in [3.8, 4) is 11.5 Å². The van der Waals surface area contributed by atoms with Gasteiger partial charge in [-0.05, 0) is 49.6 Å². The van der Waals surface area contributed by atoms with E-state index in [-0.39, 0.29) is 24.2 Å². The zero-order chi connectivity index (χ0) is 21.1. The van der Waals surface area contributed by atoms with Gasteiger partial charge in [0.2, 0.25) is 11.8 Å². The summed E-state index contributed by atoms with van der Waals surface area (Å²) in [5.74, 6) is 0.547. The van der Waals surface area contributed by atoms with Gasteiger partial charge in [-0.15, -0.1) is 0 Å². The Bertz CT molecular complexity index is 941. The summed E-state index contributed by atoms with van der Waals surface area (Å²) in [5.41, 5.74) is 0.733. The van der Waals surface area contributed by atoms with Crippen LogP contribution in [0.2, 0.25) is 0 Å². The Morgan fingerprint density at radius 2 is 1.77 bits per heavy atom. The lowest BCUT2D eigenvalue weighted by Gasteiger charge is -2.43. The van der Waals surface area contributed by atoms with Crippen LogP contribution in [0.5, 0.6) is 11.5 Å². The van der Waals surface area contributed by atoms with Crippen LogP contribution in [0.15, 0.2) is 42.5 Å². The van der Waals surface area contributed by atoms with Crippen LogP contribution < -0.4 is 14.8 Å². The number of likely N-dealkylation sites (N-methyl/N-ethyl adjacent to an activating group) is 1. The van der Waals surface area contributed by atoms with Gasteiger partial charge in [-0.2, -0.15) is 0 Å². The van der Waals surface area contributed by atoms with Crippen molar-refractivity contribution < 1.29 is 23.5 Å². The molecule has 30 heavy (non-hydrogen) atoms. The van der Waals surface area contributed by atoms with Gasteiger partial charge in [0.1, 0.15) is 19.0 Å². The Morgan fingerprint density at radius 3 is 2.40 bits per heavy atom. The molecule has 2 aromatic rings. The smallest absolute Gasteiger partial charge is 0.243 e. The van der Waals surface area contributed by atoms with Crippen LogP contribution >= 0.6 is 0 Å². The molecule has 2 aromatic carbocycles. The number of nitrogens with one attached hydrogen (secondary N) is 1. The van der Waals surface area contributed by atoms with E-state index in [1.807, 2.05) is 6.92 Å². The molecule has 1 fully saturated rings. The normalized spacial score (nSPS) is 16.3. The van der Waals surface area contributed by atoms with Crippen LogP contribution in [0.4, 0.5) is 10.1 Å². The molecule has 2 amide bonds. The highest BCUT2D eigenvalue weighted by molar-refractivity contribution is 5.97. The first kappa shape index (κ1) is 20.2. The molecule has 6 nitrogen and oxygen atoms in total. The second-order valence-electron chi connectivity index (χ2n) is 7.67. The highest BCUT2D eigenvalue weighted by Gasteiger charge is 2.47. The zero-order valence-electron chi connectivity index (χ0n) is 16.9. The largest absolute Gasteiger partial charge is 0.486 e. The predicted octanol–water partition coefficient (Wildman–Crippen LogP) is 3.51. The van der Waals surface area contributed by atoms with Crippen molar-refractivity contribution in [1.29, 1.82) is 0 Å². The van der Waals surface area contributed by atoms with E-state index in [4.69, 9.17) is 9.47 Å². The molecule has 2 aliphatic rings. The van der Waals surface area contributed by atoms with Crippen LogP contribution in [0, 0.1) is 5.82 Å². The monoisotopic (exact) mass is 412 g/mol. The number of benzene rings is 2. The number of ether oxygens (including phenoxy) is 2. The number of amides is 2. The van der Waals surface area contributed by atoms with Crippen molar-refractivity contribution in [2.75, 3.05) is 31.6 Å². The number of hydrogen-bond acceptors (Lipinski definition) is 4. The van der Waals surface area contributed by atoms with Gasteiger partial charge in [-0.25, -0.2) is 4.39 Å². The van der Waals surface area contributed by atoms with Crippen LogP contribution in [-0.2, 0) is 15.0 Å². The van der Waals surface area contributed by atoms with Gasteiger partial charge in [0.05, 0.1) is 12.0 Å². The van der Waals surface area contributed by atoms with E-state index in [1.165, 1.54) is 12.1 Å². The molecule has 7 heteroatoms. The van der Waals surface area contributed by atoms with Crippen molar-refractivity contribution in [3.63, 3.8) is 0 Å². The van der Waals surface area contributed by atoms with Crippen LogP contribution in [0.25, 0.3) is 0 Å². The second-order valence-corrected chi connectivity index (χ2v) is 7.67. The van der Waals surface area contributed by atoms with Gasteiger partial charge in [0, 0.05) is 18.3 Å². The molecule has 0 bridgehead atoms. The Kier molecular flexibility index (Phi) is 5.61. The summed E-state index contributed by atoms with van der Waals surface area (Å²) in [4.78, 5) is 27.6. The Hall–Kier alpha value is -3.09. The molecule has 1 aliphatic carbocycles. The van der Waals surface area contributed by atoms with Crippen LogP contribution in [0.1, 0.15) is 31.7 Å². The van der Waals surface area contributed by atoms with E-state index in [0.717, 1.165) is 12.0 Å². The van der Waals surface area contributed by atoms with Crippen LogP contribution in [0.3, 0.4) is 0 Å². The fraction of sp³-hybridized carbons (Fsp3) is 0.391. The summed E-state index contributed by atoms with van der Waals surface area (Å²) in [6.07, 6.45) is 2.35. The standard InChI is InChI=1S/C23H25FN2O4/c1-2-26(22(28)23(10-3-11-23)16-4-6-17(24)7-5-16)15-21(27)25-18-8-9-19-20(14-18)30-13-12-29-19/h4-9,14H,2-3,10-13,15H2,1H3,(H,25,27). The molecular formula is C23H25FN2O4. The number of anilines is 1. The Morgan fingerprint density at radius 1 is 1.07 bits per heavy atom. The number of carbonyl (C=O) groups is 2. The van der Waals surface area contributed by atoms with E-state index < -0.39 is 5.41 Å². The molecule has 1 saturated carbocycles. The number of nitrogens with zero attached hydrogens (tertiary/aromatic N) is 1. The van der Waals surface area contributed by atoms with Gasteiger partial charge in [-0.1, -0.05) is 18.6 Å². The van der Waals surface area contributed by atoms with Gasteiger partial charge >= 0.3 is 0 Å². The van der Waals surface area contributed by atoms with Gasteiger partial charge in [0.25, 0.3) is 0 Å². The van der Waals surface area contributed by atoms with E-state index in [1.54, 1.807) is 35.2 Å². The summed E-state index contributed by atoms with van der Waals surface area (Å²) in [5, 5.41) is 2.83. The van der Waals surface area contributed by atoms with Gasteiger partial charge in [0.15, 0.2) is 11.5 Å². The Balaban J connectivity index is 1.45. The van der Waals surface area contributed by atoms with Crippen molar-refractivity contribution in [2.45, 2.75) is 31.6 Å². The van der Waals surface area contributed by atoms with E-state index in [2.05, 4.69) is 5.32 Å². The van der Waals surface area contributed by atoms with Crippen LogP contribution in [-0.4, -0.2) is 43.0 Å². The minimum absolute atomic E-state index is 0.0489. The lowest BCUT2D eigenvalue weighted by atomic mass is 9.63. The lowest BCUT2D eigenvalue weighted by Crippen LogP contribution is -2.52. The summed E-state index contributed by atoms with van der Waals surface area (Å²) in [6.45, 7) is 3.19. The van der Waals surface area contributed by atoms with E-state index in [9.17, 15) is 14.0 Å². The average Bonchev–Trinajstić information content (AvgIpc) is 2.72. The number of halogens is 1. The molecule has 158 valence electrons.